The second kappa shape index (κ2) is 8.82. The first-order valence-electron chi connectivity index (χ1n) is 8.03. The summed E-state index contributed by atoms with van der Waals surface area (Å²) in [5.41, 5.74) is 2.56. The van der Waals surface area contributed by atoms with Gasteiger partial charge < -0.3 is 9.80 Å². The second-order valence-corrected chi connectivity index (χ2v) is 5.73. The van der Waals surface area contributed by atoms with Crippen LogP contribution in [0.3, 0.4) is 0 Å². The number of nitrogens with zero attached hydrogens (tertiary/aromatic N) is 2. The molecule has 2 aromatic rings. The molecule has 118 valence electrons. The van der Waals surface area contributed by atoms with Gasteiger partial charge in [0.25, 0.3) is 0 Å². The molecule has 0 unspecified atom stereocenters. The van der Waals surface area contributed by atoms with Crippen molar-refractivity contribution < 1.29 is 0 Å². The molecule has 0 aromatic heterocycles. The van der Waals surface area contributed by atoms with E-state index in [9.17, 15) is 0 Å². The number of anilines is 2. The summed E-state index contributed by atoms with van der Waals surface area (Å²) >= 11 is 0. The molecule has 0 amide bonds. The van der Waals surface area contributed by atoms with Gasteiger partial charge in [0.1, 0.15) is 0 Å². The molecular formula is C19H25ClN2. The van der Waals surface area contributed by atoms with E-state index in [0.717, 1.165) is 13.1 Å². The zero-order valence-corrected chi connectivity index (χ0v) is 13.8. The number of para-hydroxylation sites is 2. The van der Waals surface area contributed by atoms with Gasteiger partial charge in [0, 0.05) is 24.5 Å². The van der Waals surface area contributed by atoms with Gasteiger partial charge in [0.05, 0.1) is 0 Å². The molecule has 0 saturated carbocycles. The topological polar surface area (TPSA) is 6.48 Å². The molecule has 1 aliphatic heterocycles. The van der Waals surface area contributed by atoms with E-state index < -0.39 is 0 Å². The highest BCUT2D eigenvalue weighted by Crippen LogP contribution is 2.24. The fourth-order valence-corrected chi connectivity index (χ4v) is 3.05. The SMILES string of the molecule is Cl.c1ccc(N(CCN2CCCCC2)c2ccccc2)cc1. The predicted octanol–water partition coefficient (Wildman–Crippen LogP) is 4.73. The van der Waals surface area contributed by atoms with E-state index in [1.807, 2.05) is 0 Å². The van der Waals surface area contributed by atoms with Crippen LogP contribution in [0, 0.1) is 0 Å². The molecule has 22 heavy (non-hydrogen) atoms. The van der Waals surface area contributed by atoms with Crippen LogP contribution < -0.4 is 4.90 Å². The highest BCUT2D eigenvalue weighted by molar-refractivity contribution is 5.85. The van der Waals surface area contributed by atoms with Gasteiger partial charge in [-0.15, -0.1) is 12.4 Å². The van der Waals surface area contributed by atoms with Crippen LogP contribution in [0.25, 0.3) is 0 Å². The van der Waals surface area contributed by atoms with Crippen molar-refractivity contribution in [1.82, 2.24) is 4.90 Å². The highest BCUT2D eigenvalue weighted by atomic mass is 35.5. The van der Waals surface area contributed by atoms with Crippen molar-refractivity contribution in [2.75, 3.05) is 31.1 Å². The number of likely N-dealkylation sites (tertiary alicyclic amines) is 1. The van der Waals surface area contributed by atoms with Gasteiger partial charge in [-0.3, -0.25) is 0 Å². The lowest BCUT2D eigenvalue weighted by Crippen LogP contribution is -2.36. The summed E-state index contributed by atoms with van der Waals surface area (Å²) in [5.74, 6) is 0. The van der Waals surface area contributed by atoms with E-state index in [1.54, 1.807) is 0 Å². The molecule has 1 aliphatic rings. The Balaban J connectivity index is 0.00000176. The van der Waals surface area contributed by atoms with Gasteiger partial charge >= 0.3 is 0 Å². The molecule has 0 radical (unpaired) electrons. The first-order chi connectivity index (χ1) is 10.4. The number of hydrogen-bond donors (Lipinski definition) is 0. The standard InChI is InChI=1S/C19H24N2.ClH/c1-4-10-18(11-5-1)21(19-12-6-2-7-13-19)17-16-20-14-8-3-9-15-20;/h1-2,4-7,10-13H,3,8-9,14-17H2;1H. The summed E-state index contributed by atoms with van der Waals surface area (Å²) in [6, 6.07) is 21.4. The third kappa shape index (κ3) is 4.49. The summed E-state index contributed by atoms with van der Waals surface area (Å²) in [5, 5.41) is 0. The minimum Gasteiger partial charge on any atom is -0.340 e. The second-order valence-electron chi connectivity index (χ2n) is 5.73. The average Bonchev–Trinajstić information content (AvgIpc) is 2.58. The molecule has 0 bridgehead atoms. The molecule has 2 aromatic carbocycles. The van der Waals surface area contributed by atoms with Crippen molar-refractivity contribution in [2.24, 2.45) is 0 Å². The van der Waals surface area contributed by atoms with Crippen LogP contribution in [0.5, 0.6) is 0 Å². The third-order valence-electron chi connectivity index (χ3n) is 4.22. The van der Waals surface area contributed by atoms with Crippen LogP contribution in [0.15, 0.2) is 60.7 Å². The molecule has 2 nitrogen and oxygen atoms in total. The molecular weight excluding hydrogens is 292 g/mol. The van der Waals surface area contributed by atoms with Crippen LogP contribution in [0.2, 0.25) is 0 Å². The molecule has 0 aliphatic carbocycles. The average molecular weight is 317 g/mol. The lowest BCUT2D eigenvalue weighted by Gasteiger charge is -2.31. The van der Waals surface area contributed by atoms with Crippen LogP contribution in [-0.2, 0) is 0 Å². The molecule has 1 heterocycles. The summed E-state index contributed by atoms with van der Waals surface area (Å²) in [6.07, 6.45) is 4.12. The van der Waals surface area contributed by atoms with E-state index in [0.29, 0.717) is 0 Å². The Morgan fingerprint density at radius 3 is 1.73 bits per heavy atom. The Kier molecular flexibility index (Phi) is 6.75. The van der Waals surface area contributed by atoms with Gasteiger partial charge in [-0.05, 0) is 50.2 Å². The fraction of sp³-hybridized carbons (Fsp3) is 0.368. The van der Waals surface area contributed by atoms with E-state index in [-0.39, 0.29) is 12.4 Å². The maximum Gasteiger partial charge on any atom is 0.0411 e. The van der Waals surface area contributed by atoms with Crippen molar-refractivity contribution in [3.05, 3.63) is 60.7 Å². The minimum atomic E-state index is 0. The number of piperidine rings is 1. The summed E-state index contributed by atoms with van der Waals surface area (Å²) in [4.78, 5) is 5.02. The smallest absolute Gasteiger partial charge is 0.0411 e. The van der Waals surface area contributed by atoms with Crippen LogP contribution in [-0.4, -0.2) is 31.1 Å². The molecule has 3 heteroatoms. The van der Waals surface area contributed by atoms with Crippen molar-refractivity contribution in [3.63, 3.8) is 0 Å². The summed E-state index contributed by atoms with van der Waals surface area (Å²) in [6.45, 7) is 4.71. The first kappa shape index (κ1) is 16.9. The van der Waals surface area contributed by atoms with Crippen molar-refractivity contribution in [3.8, 4) is 0 Å². The van der Waals surface area contributed by atoms with E-state index >= 15 is 0 Å². The lowest BCUT2D eigenvalue weighted by molar-refractivity contribution is 0.234. The van der Waals surface area contributed by atoms with Gasteiger partial charge in [0.15, 0.2) is 0 Å². The fourth-order valence-electron chi connectivity index (χ4n) is 3.05. The predicted molar refractivity (Wildman–Crippen MR) is 97.4 cm³/mol. The first-order valence-corrected chi connectivity index (χ1v) is 8.03. The third-order valence-corrected chi connectivity index (χ3v) is 4.22. The minimum absolute atomic E-state index is 0. The molecule has 1 saturated heterocycles. The monoisotopic (exact) mass is 316 g/mol. The van der Waals surface area contributed by atoms with Crippen molar-refractivity contribution in [1.29, 1.82) is 0 Å². The molecule has 0 atom stereocenters. The summed E-state index contributed by atoms with van der Waals surface area (Å²) < 4.78 is 0. The zero-order valence-electron chi connectivity index (χ0n) is 13.0. The Bertz CT molecular complexity index is 484. The van der Waals surface area contributed by atoms with Crippen LogP contribution in [0.1, 0.15) is 19.3 Å². The maximum atomic E-state index is 2.60. The largest absolute Gasteiger partial charge is 0.340 e. The van der Waals surface area contributed by atoms with Crippen molar-refractivity contribution in [2.45, 2.75) is 19.3 Å². The van der Waals surface area contributed by atoms with E-state index in [1.165, 1.54) is 43.7 Å². The Morgan fingerprint density at radius 1 is 0.727 bits per heavy atom. The number of rotatable bonds is 5. The van der Waals surface area contributed by atoms with Gasteiger partial charge in [-0.2, -0.15) is 0 Å². The van der Waals surface area contributed by atoms with E-state index in [4.69, 9.17) is 0 Å². The Morgan fingerprint density at radius 2 is 1.23 bits per heavy atom. The number of hydrogen-bond acceptors (Lipinski definition) is 2. The molecule has 3 rings (SSSR count). The van der Waals surface area contributed by atoms with E-state index in [2.05, 4.69) is 70.5 Å². The Labute approximate surface area is 140 Å². The Hall–Kier alpha value is -1.51. The maximum absolute atomic E-state index is 2.60. The van der Waals surface area contributed by atoms with Crippen molar-refractivity contribution >= 4 is 23.8 Å². The van der Waals surface area contributed by atoms with Crippen LogP contribution in [0.4, 0.5) is 11.4 Å². The highest BCUT2D eigenvalue weighted by Gasteiger charge is 2.13. The quantitative estimate of drug-likeness (QED) is 0.786. The summed E-state index contributed by atoms with van der Waals surface area (Å²) in [7, 11) is 0. The molecule has 0 spiro atoms. The number of benzene rings is 2. The number of halogens is 1. The van der Waals surface area contributed by atoms with Gasteiger partial charge in [-0.25, -0.2) is 0 Å². The van der Waals surface area contributed by atoms with Crippen LogP contribution >= 0.6 is 12.4 Å². The molecule has 1 fully saturated rings. The van der Waals surface area contributed by atoms with Gasteiger partial charge in [0.2, 0.25) is 0 Å². The molecule has 0 N–H and O–H groups in total. The van der Waals surface area contributed by atoms with Gasteiger partial charge in [-0.1, -0.05) is 42.8 Å². The normalized spacial score (nSPS) is 15.1. The zero-order chi connectivity index (χ0) is 14.3. The lowest BCUT2D eigenvalue weighted by atomic mass is 10.1.